The molecule has 20 heavy (non-hydrogen) atoms. The molecule has 1 saturated heterocycles. The van der Waals surface area contributed by atoms with Crippen molar-refractivity contribution >= 4 is 0 Å². The Balaban J connectivity index is 1.66. The lowest BCUT2D eigenvalue weighted by molar-refractivity contribution is 0.320. The number of hydrogen-bond acceptors (Lipinski definition) is 6. The third kappa shape index (κ3) is 2.96. The summed E-state index contributed by atoms with van der Waals surface area (Å²) < 4.78 is 10.4. The fourth-order valence-electron chi connectivity index (χ4n) is 2.39. The Morgan fingerprint density at radius 1 is 1.45 bits per heavy atom. The molecule has 6 nitrogen and oxygen atoms in total. The Hall–Kier alpha value is -1.95. The molecule has 2 aromatic rings. The first-order chi connectivity index (χ1) is 9.85. The Morgan fingerprint density at radius 2 is 2.40 bits per heavy atom. The van der Waals surface area contributed by atoms with Crippen LogP contribution in [0.4, 0.5) is 0 Å². The first-order valence-electron chi connectivity index (χ1n) is 6.87. The van der Waals surface area contributed by atoms with Gasteiger partial charge in [-0.2, -0.15) is 4.98 Å². The monoisotopic (exact) mass is 274 g/mol. The van der Waals surface area contributed by atoms with E-state index < -0.39 is 0 Å². The molecule has 0 amide bonds. The topological polar surface area (TPSA) is 73.1 Å². The van der Waals surface area contributed by atoms with Gasteiger partial charge in [-0.05, 0) is 24.9 Å². The summed E-state index contributed by atoms with van der Waals surface area (Å²) >= 11 is 0. The summed E-state index contributed by atoms with van der Waals surface area (Å²) in [4.78, 5) is 8.67. The van der Waals surface area contributed by atoms with Gasteiger partial charge in [0.2, 0.25) is 11.8 Å². The van der Waals surface area contributed by atoms with Crippen LogP contribution in [0.15, 0.2) is 22.9 Å². The third-order valence-corrected chi connectivity index (χ3v) is 3.50. The largest absolute Gasteiger partial charge is 0.481 e. The maximum Gasteiger partial charge on any atom is 0.231 e. The van der Waals surface area contributed by atoms with Crippen molar-refractivity contribution in [2.75, 3.05) is 20.2 Å². The van der Waals surface area contributed by atoms with Crippen molar-refractivity contribution in [3.8, 4) is 5.88 Å². The molecular weight excluding hydrogens is 256 g/mol. The number of ether oxygens (including phenoxy) is 1. The van der Waals surface area contributed by atoms with Crippen molar-refractivity contribution in [2.45, 2.75) is 25.2 Å². The molecule has 6 heteroatoms. The minimum absolute atomic E-state index is 0.346. The zero-order chi connectivity index (χ0) is 13.8. The van der Waals surface area contributed by atoms with Gasteiger partial charge in [-0.25, -0.2) is 4.98 Å². The van der Waals surface area contributed by atoms with Gasteiger partial charge >= 0.3 is 0 Å². The van der Waals surface area contributed by atoms with Gasteiger partial charge in [0.05, 0.1) is 13.0 Å². The molecular formula is C14H18N4O2. The van der Waals surface area contributed by atoms with Crippen molar-refractivity contribution in [1.82, 2.24) is 20.4 Å². The van der Waals surface area contributed by atoms with Crippen LogP contribution in [0.2, 0.25) is 0 Å². The number of nitrogens with one attached hydrogen (secondary N) is 1. The highest BCUT2D eigenvalue weighted by Gasteiger charge is 2.21. The quantitative estimate of drug-likeness (QED) is 0.911. The van der Waals surface area contributed by atoms with Crippen LogP contribution in [-0.2, 0) is 6.42 Å². The zero-order valence-corrected chi connectivity index (χ0v) is 11.5. The molecule has 0 aromatic carbocycles. The van der Waals surface area contributed by atoms with Crippen LogP contribution in [0.3, 0.4) is 0 Å². The first kappa shape index (κ1) is 13.1. The van der Waals surface area contributed by atoms with Crippen LogP contribution in [0.1, 0.15) is 36.0 Å². The third-order valence-electron chi connectivity index (χ3n) is 3.50. The Morgan fingerprint density at radius 3 is 3.10 bits per heavy atom. The second-order valence-corrected chi connectivity index (χ2v) is 4.98. The molecule has 0 aliphatic carbocycles. The number of nitrogens with zero attached hydrogens (tertiary/aromatic N) is 3. The van der Waals surface area contributed by atoms with Gasteiger partial charge in [0.15, 0.2) is 5.82 Å². The van der Waals surface area contributed by atoms with Crippen LogP contribution in [-0.4, -0.2) is 35.3 Å². The van der Waals surface area contributed by atoms with Gasteiger partial charge in [0.1, 0.15) is 0 Å². The van der Waals surface area contributed by atoms with Gasteiger partial charge < -0.3 is 14.6 Å². The molecule has 106 valence electrons. The molecule has 0 radical (unpaired) electrons. The van der Waals surface area contributed by atoms with Crippen LogP contribution in [0.5, 0.6) is 5.88 Å². The minimum atomic E-state index is 0.346. The predicted molar refractivity (Wildman–Crippen MR) is 72.7 cm³/mol. The molecule has 2 aromatic heterocycles. The summed E-state index contributed by atoms with van der Waals surface area (Å²) in [6.45, 7) is 2.00. The summed E-state index contributed by atoms with van der Waals surface area (Å²) in [6.07, 6.45) is 4.67. The number of piperidine rings is 1. The lowest BCUT2D eigenvalue weighted by Gasteiger charge is -2.18. The normalized spacial score (nSPS) is 18.9. The zero-order valence-electron chi connectivity index (χ0n) is 11.5. The van der Waals surface area contributed by atoms with E-state index in [2.05, 4.69) is 20.4 Å². The van der Waals surface area contributed by atoms with E-state index in [0.717, 1.165) is 37.4 Å². The highest BCUT2D eigenvalue weighted by atomic mass is 16.5. The second-order valence-electron chi connectivity index (χ2n) is 4.98. The number of hydrogen-bond donors (Lipinski definition) is 1. The van der Waals surface area contributed by atoms with Crippen molar-refractivity contribution in [2.24, 2.45) is 0 Å². The number of methoxy groups -OCH3 is 1. The van der Waals surface area contributed by atoms with Crippen molar-refractivity contribution < 1.29 is 9.26 Å². The van der Waals surface area contributed by atoms with E-state index in [1.165, 1.54) is 0 Å². The highest BCUT2D eigenvalue weighted by Crippen LogP contribution is 2.22. The van der Waals surface area contributed by atoms with Crippen molar-refractivity contribution in [3.05, 3.63) is 35.6 Å². The molecule has 1 unspecified atom stereocenters. The molecule has 1 atom stereocenters. The van der Waals surface area contributed by atoms with E-state index in [0.29, 0.717) is 24.0 Å². The summed E-state index contributed by atoms with van der Waals surface area (Å²) in [7, 11) is 1.60. The molecule has 3 rings (SSSR count). The summed E-state index contributed by atoms with van der Waals surface area (Å²) in [5.41, 5.74) is 1.04. The van der Waals surface area contributed by atoms with E-state index in [-0.39, 0.29) is 0 Å². The van der Waals surface area contributed by atoms with Crippen molar-refractivity contribution in [1.29, 1.82) is 0 Å². The average molecular weight is 274 g/mol. The summed E-state index contributed by atoms with van der Waals surface area (Å²) in [5, 5.41) is 7.41. The van der Waals surface area contributed by atoms with E-state index in [1.807, 2.05) is 12.1 Å². The lowest BCUT2D eigenvalue weighted by atomic mass is 10.00. The van der Waals surface area contributed by atoms with E-state index >= 15 is 0 Å². The average Bonchev–Trinajstić information content (AvgIpc) is 2.97. The van der Waals surface area contributed by atoms with Crippen LogP contribution < -0.4 is 10.1 Å². The van der Waals surface area contributed by atoms with Gasteiger partial charge in [-0.3, -0.25) is 0 Å². The fourth-order valence-corrected chi connectivity index (χ4v) is 2.39. The van der Waals surface area contributed by atoms with Crippen LogP contribution in [0, 0.1) is 0 Å². The Labute approximate surface area is 117 Å². The SMILES string of the molecule is COc1ccc(Cc2noc(C3CCCNC3)n2)cn1. The molecule has 0 saturated carbocycles. The van der Waals surface area contributed by atoms with E-state index in [9.17, 15) is 0 Å². The van der Waals surface area contributed by atoms with E-state index in [1.54, 1.807) is 13.3 Å². The molecule has 1 fully saturated rings. The van der Waals surface area contributed by atoms with E-state index in [4.69, 9.17) is 9.26 Å². The molecule has 0 bridgehead atoms. The van der Waals surface area contributed by atoms with Crippen LogP contribution in [0.25, 0.3) is 0 Å². The standard InChI is InChI=1S/C14H18N4O2/c1-19-13-5-4-10(8-16-13)7-12-17-14(20-18-12)11-3-2-6-15-9-11/h4-5,8,11,15H,2-3,6-7,9H2,1H3. The number of aromatic nitrogens is 3. The molecule has 1 aliphatic heterocycles. The minimum Gasteiger partial charge on any atom is -0.481 e. The lowest BCUT2D eigenvalue weighted by Crippen LogP contribution is -2.28. The predicted octanol–water partition coefficient (Wildman–Crippen LogP) is 1.53. The number of rotatable bonds is 4. The van der Waals surface area contributed by atoms with Crippen molar-refractivity contribution in [3.63, 3.8) is 0 Å². The molecule has 1 N–H and O–H groups in total. The fraction of sp³-hybridized carbons (Fsp3) is 0.500. The van der Waals surface area contributed by atoms with Gasteiger partial charge in [0.25, 0.3) is 0 Å². The van der Waals surface area contributed by atoms with Gasteiger partial charge in [-0.15, -0.1) is 0 Å². The Kier molecular flexibility index (Phi) is 3.92. The maximum atomic E-state index is 5.38. The van der Waals surface area contributed by atoms with Gasteiger partial charge in [-0.1, -0.05) is 11.2 Å². The first-order valence-corrected chi connectivity index (χ1v) is 6.87. The summed E-state index contributed by atoms with van der Waals surface area (Å²) in [6, 6.07) is 3.80. The van der Waals surface area contributed by atoms with Gasteiger partial charge in [0, 0.05) is 25.2 Å². The number of pyridine rings is 1. The second kappa shape index (κ2) is 6.00. The van der Waals surface area contributed by atoms with Crippen LogP contribution >= 0.6 is 0 Å². The molecule has 1 aliphatic rings. The smallest absolute Gasteiger partial charge is 0.231 e. The highest BCUT2D eigenvalue weighted by molar-refractivity contribution is 5.20. The molecule has 0 spiro atoms. The Bertz CT molecular complexity index is 547. The maximum absolute atomic E-state index is 5.38. The molecule has 3 heterocycles. The summed E-state index contributed by atoms with van der Waals surface area (Å²) in [5.74, 6) is 2.40.